The third-order valence-electron chi connectivity index (χ3n) is 2.83. The zero-order valence-electron chi connectivity index (χ0n) is 10.3. The van der Waals surface area contributed by atoms with Crippen molar-refractivity contribution in [2.75, 3.05) is 13.1 Å². The largest absolute Gasteiger partial charge is 0.353 e. The van der Waals surface area contributed by atoms with Crippen molar-refractivity contribution in [2.45, 2.75) is 0 Å². The molecule has 2 N–H and O–H groups in total. The lowest BCUT2D eigenvalue weighted by molar-refractivity contribution is 0.920. The summed E-state index contributed by atoms with van der Waals surface area (Å²) in [6, 6.07) is 14.6. The van der Waals surface area contributed by atoms with E-state index in [1.807, 2.05) is 12.1 Å². The number of hydrogen-bond donors (Lipinski definition) is 2. The van der Waals surface area contributed by atoms with Crippen LogP contribution >= 0.6 is 24.0 Å². The Kier molecular flexibility index (Phi) is 4.73. The Morgan fingerprint density at radius 1 is 1.16 bits per heavy atom. The monoisotopic (exact) mass is 366 g/mol. The number of hydrogen-bond acceptors (Lipinski definition) is 4. The smallest absolute Gasteiger partial charge is 0.212 e. The second kappa shape index (κ2) is 6.51. The van der Waals surface area contributed by atoms with Gasteiger partial charge in [-0.3, -0.25) is 0 Å². The lowest BCUT2D eigenvalue weighted by Crippen LogP contribution is -2.30. The maximum absolute atomic E-state index is 4.20. The Balaban J connectivity index is 0.00000133. The predicted octanol–water partition coefficient (Wildman–Crippen LogP) is 2.34. The first-order chi connectivity index (χ1) is 8.92. The van der Waals surface area contributed by atoms with Gasteiger partial charge in [-0.1, -0.05) is 36.4 Å². The standard InChI is InChI=1S/C14H14N4.HI/c1-2-4-13-9-11(5-6-12(13)3-1)10-17-18-14-15-7-8-16-14;/h1-6,9-10H,7-8H2,(H2,15,16,18);1H/b17-10+;. The number of aliphatic imine (C=N–C) groups is 1. The lowest BCUT2D eigenvalue weighted by Gasteiger charge is -2.00. The normalized spacial score (nSPS) is 14.0. The molecule has 2 aromatic carbocycles. The highest BCUT2D eigenvalue weighted by Crippen LogP contribution is 2.14. The van der Waals surface area contributed by atoms with E-state index in [0.717, 1.165) is 24.6 Å². The van der Waals surface area contributed by atoms with Gasteiger partial charge in [-0.15, -0.1) is 24.0 Å². The molecule has 0 bridgehead atoms. The second-order valence-electron chi connectivity index (χ2n) is 4.13. The molecule has 98 valence electrons. The molecular weight excluding hydrogens is 351 g/mol. The molecule has 0 atom stereocenters. The number of nitrogens with zero attached hydrogens (tertiary/aromatic N) is 2. The first-order valence-corrected chi connectivity index (χ1v) is 5.98. The number of benzene rings is 2. The van der Waals surface area contributed by atoms with Gasteiger partial charge >= 0.3 is 0 Å². The van der Waals surface area contributed by atoms with E-state index in [-0.39, 0.29) is 24.0 Å². The van der Waals surface area contributed by atoms with Crippen molar-refractivity contribution < 1.29 is 0 Å². The van der Waals surface area contributed by atoms with Gasteiger partial charge in [0.15, 0.2) is 0 Å². The topological polar surface area (TPSA) is 48.8 Å². The Hall–Kier alpha value is -1.63. The van der Waals surface area contributed by atoms with Crippen LogP contribution in [0.1, 0.15) is 5.56 Å². The van der Waals surface area contributed by atoms with Crippen LogP contribution in [-0.2, 0) is 0 Å². The molecule has 0 fully saturated rings. The molecule has 0 spiro atoms. The highest BCUT2D eigenvalue weighted by molar-refractivity contribution is 14.0. The molecule has 0 radical (unpaired) electrons. The Morgan fingerprint density at radius 2 is 2.00 bits per heavy atom. The van der Waals surface area contributed by atoms with E-state index in [1.54, 1.807) is 6.21 Å². The summed E-state index contributed by atoms with van der Waals surface area (Å²) in [5.41, 5.74) is 3.96. The van der Waals surface area contributed by atoms with Crippen LogP contribution in [-0.4, -0.2) is 25.3 Å². The number of halogens is 1. The molecule has 19 heavy (non-hydrogen) atoms. The van der Waals surface area contributed by atoms with Crippen LogP contribution in [0.15, 0.2) is 52.6 Å². The highest BCUT2D eigenvalue weighted by atomic mass is 127. The third kappa shape index (κ3) is 3.44. The van der Waals surface area contributed by atoms with Gasteiger partial charge in [0.05, 0.1) is 12.8 Å². The lowest BCUT2D eigenvalue weighted by atomic mass is 10.1. The van der Waals surface area contributed by atoms with Gasteiger partial charge in [0.2, 0.25) is 5.96 Å². The fraction of sp³-hybridized carbons (Fsp3) is 0.143. The Morgan fingerprint density at radius 3 is 2.79 bits per heavy atom. The molecule has 0 aliphatic carbocycles. The van der Waals surface area contributed by atoms with Gasteiger partial charge < -0.3 is 5.32 Å². The van der Waals surface area contributed by atoms with E-state index in [9.17, 15) is 0 Å². The first-order valence-electron chi connectivity index (χ1n) is 5.98. The molecule has 5 heteroatoms. The van der Waals surface area contributed by atoms with Gasteiger partial charge in [-0.2, -0.15) is 5.10 Å². The van der Waals surface area contributed by atoms with E-state index >= 15 is 0 Å². The highest BCUT2D eigenvalue weighted by Gasteiger charge is 2.01. The molecular formula is C14H15IN4. The van der Waals surface area contributed by atoms with Gasteiger partial charge in [0.25, 0.3) is 0 Å². The van der Waals surface area contributed by atoms with Crippen LogP contribution in [0.2, 0.25) is 0 Å². The average molecular weight is 366 g/mol. The molecule has 0 saturated heterocycles. The predicted molar refractivity (Wildman–Crippen MR) is 90.4 cm³/mol. The average Bonchev–Trinajstić information content (AvgIpc) is 2.92. The van der Waals surface area contributed by atoms with Crippen LogP contribution in [0.25, 0.3) is 10.8 Å². The van der Waals surface area contributed by atoms with E-state index in [1.165, 1.54) is 10.8 Å². The number of fused-ring (bicyclic) bond motifs is 1. The van der Waals surface area contributed by atoms with Gasteiger partial charge in [-0.25, -0.2) is 10.4 Å². The summed E-state index contributed by atoms with van der Waals surface area (Å²) < 4.78 is 0. The summed E-state index contributed by atoms with van der Waals surface area (Å²) in [6.07, 6.45) is 1.80. The number of nitrogens with one attached hydrogen (secondary N) is 2. The van der Waals surface area contributed by atoms with Crippen LogP contribution in [0, 0.1) is 0 Å². The van der Waals surface area contributed by atoms with Crippen molar-refractivity contribution in [3.8, 4) is 0 Å². The molecule has 0 saturated carbocycles. The molecule has 3 rings (SSSR count). The Labute approximate surface area is 129 Å². The summed E-state index contributed by atoms with van der Waals surface area (Å²) in [7, 11) is 0. The van der Waals surface area contributed by atoms with Crippen LogP contribution in [0.5, 0.6) is 0 Å². The van der Waals surface area contributed by atoms with Gasteiger partial charge in [0.1, 0.15) is 0 Å². The van der Waals surface area contributed by atoms with Crippen molar-refractivity contribution in [1.29, 1.82) is 0 Å². The van der Waals surface area contributed by atoms with Crippen molar-refractivity contribution in [3.63, 3.8) is 0 Å². The van der Waals surface area contributed by atoms with E-state index in [4.69, 9.17) is 0 Å². The van der Waals surface area contributed by atoms with Crippen LogP contribution in [0.3, 0.4) is 0 Å². The van der Waals surface area contributed by atoms with E-state index < -0.39 is 0 Å². The van der Waals surface area contributed by atoms with Gasteiger partial charge in [-0.05, 0) is 22.4 Å². The second-order valence-corrected chi connectivity index (χ2v) is 4.13. The fourth-order valence-electron chi connectivity index (χ4n) is 1.93. The fourth-order valence-corrected chi connectivity index (χ4v) is 1.93. The van der Waals surface area contributed by atoms with Crippen molar-refractivity contribution in [1.82, 2.24) is 10.7 Å². The van der Waals surface area contributed by atoms with Crippen molar-refractivity contribution in [2.24, 2.45) is 10.1 Å². The molecule has 0 aromatic heterocycles. The molecule has 0 unspecified atom stereocenters. The Bertz CT molecular complexity index is 622. The van der Waals surface area contributed by atoms with E-state index in [2.05, 4.69) is 51.2 Å². The number of hydrazone groups is 1. The number of rotatable bonds is 2. The minimum atomic E-state index is 0. The zero-order chi connectivity index (χ0) is 12.2. The summed E-state index contributed by atoms with van der Waals surface area (Å²) in [4.78, 5) is 4.20. The SMILES string of the molecule is C(=N\NC1=NCCN1)/c1ccc2ccccc2c1.I. The quantitative estimate of drug-likeness (QED) is 0.487. The molecule has 1 aliphatic rings. The zero-order valence-corrected chi connectivity index (χ0v) is 12.7. The maximum atomic E-state index is 4.20. The summed E-state index contributed by atoms with van der Waals surface area (Å²) in [6.45, 7) is 1.70. The van der Waals surface area contributed by atoms with E-state index in [0.29, 0.717) is 0 Å². The number of guanidine groups is 1. The van der Waals surface area contributed by atoms with Crippen molar-refractivity contribution >= 4 is 46.9 Å². The molecule has 1 aliphatic heterocycles. The van der Waals surface area contributed by atoms with Crippen LogP contribution < -0.4 is 10.7 Å². The third-order valence-corrected chi connectivity index (χ3v) is 2.83. The molecule has 4 nitrogen and oxygen atoms in total. The summed E-state index contributed by atoms with van der Waals surface area (Å²) in [5, 5.41) is 9.72. The van der Waals surface area contributed by atoms with Gasteiger partial charge in [0, 0.05) is 6.54 Å². The maximum Gasteiger partial charge on any atom is 0.212 e. The van der Waals surface area contributed by atoms with Crippen molar-refractivity contribution in [3.05, 3.63) is 48.0 Å². The first kappa shape index (κ1) is 13.8. The molecule has 0 amide bonds. The summed E-state index contributed by atoms with van der Waals surface area (Å²) in [5.74, 6) is 0.743. The van der Waals surface area contributed by atoms with Crippen LogP contribution in [0.4, 0.5) is 0 Å². The molecule has 2 aromatic rings. The minimum Gasteiger partial charge on any atom is -0.353 e. The summed E-state index contributed by atoms with van der Waals surface area (Å²) >= 11 is 0. The molecule has 1 heterocycles. The minimum absolute atomic E-state index is 0.